The van der Waals surface area contributed by atoms with Crippen LogP contribution < -0.4 is 20.1 Å². The van der Waals surface area contributed by atoms with Gasteiger partial charge in [-0.05, 0) is 25.0 Å². The molecule has 6 heteroatoms. The fourth-order valence-corrected chi connectivity index (χ4v) is 3.80. The first-order valence-corrected chi connectivity index (χ1v) is 11.1. The predicted molar refractivity (Wildman–Crippen MR) is 120 cm³/mol. The van der Waals surface area contributed by atoms with Crippen LogP contribution in [0.1, 0.15) is 70.6 Å². The molecule has 0 spiro atoms. The van der Waals surface area contributed by atoms with Gasteiger partial charge in [0.2, 0.25) is 0 Å². The highest BCUT2D eigenvalue weighted by molar-refractivity contribution is 5.97. The maximum Gasteiger partial charge on any atom is 0.263 e. The van der Waals surface area contributed by atoms with Crippen LogP contribution in [0, 0.1) is 11.3 Å². The summed E-state index contributed by atoms with van der Waals surface area (Å²) in [5, 5.41) is 15.6. The number of amides is 1. The zero-order valence-electron chi connectivity index (χ0n) is 18.3. The Morgan fingerprint density at radius 3 is 2.07 bits per heavy atom. The smallest absolute Gasteiger partial charge is 0.263 e. The third kappa shape index (κ3) is 7.98. The minimum atomic E-state index is -0.317. The number of nitrogens with zero attached hydrogens (tertiary/aromatic N) is 1. The maximum absolute atomic E-state index is 12.7. The monoisotopic (exact) mass is 413 g/mol. The van der Waals surface area contributed by atoms with Gasteiger partial charge < -0.3 is 20.1 Å². The lowest BCUT2D eigenvalue weighted by Crippen LogP contribution is -2.35. The van der Waals surface area contributed by atoms with Crippen LogP contribution in [0.5, 0.6) is 11.5 Å². The normalized spacial score (nSPS) is 17.0. The number of hydrogen-bond donors (Lipinski definition) is 2. The summed E-state index contributed by atoms with van der Waals surface area (Å²) in [6, 6.07) is 7.48. The highest BCUT2D eigenvalue weighted by Crippen LogP contribution is 2.29. The molecule has 0 aliphatic heterocycles. The highest BCUT2D eigenvalue weighted by Gasteiger charge is 2.16. The van der Waals surface area contributed by atoms with Gasteiger partial charge in [-0.1, -0.05) is 57.8 Å². The van der Waals surface area contributed by atoms with Gasteiger partial charge in [-0.15, -0.1) is 0 Å². The molecule has 0 saturated heterocycles. The Bertz CT molecular complexity index is 728. The first-order valence-electron chi connectivity index (χ1n) is 11.1. The van der Waals surface area contributed by atoms with Gasteiger partial charge in [-0.2, -0.15) is 5.26 Å². The topological polar surface area (TPSA) is 83.4 Å². The van der Waals surface area contributed by atoms with Crippen LogP contribution in [0.2, 0.25) is 0 Å². The molecule has 2 rings (SSSR count). The van der Waals surface area contributed by atoms with Crippen molar-refractivity contribution in [2.24, 2.45) is 0 Å². The Hall–Kier alpha value is -2.68. The zero-order chi connectivity index (χ0) is 21.6. The van der Waals surface area contributed by atoms with Crippen LogP contribution in [0.3, 0.4) is 0 Å². The van der Waals surface area contributed by atoms with E-state index >= 15 is 0 Å². The molecule has 1 saturated carbocycles. The fourth-order valence-electron chi connectivity index (χ4n) is 3.80. The van der Waals surface area contributed by atoms with Crippen molar-refractivity contribution in [3.8, 4) is 17.6 Å². The highest BCUT2D eigenvalue weighted by atomic mass is 16.5. The van der Waals surface area contributed by atoms with Crippen molar-refractivity contribution < 1.29 is 14.3 Å². The van der Waals surface area contributed by atoms with Gasteiger partial charge in [0.25, 0.3) is 5.91 Å². The number of nitriles is 1. The number of benzene rings is 1. The molecule has 1 aliphatic carbocycles. The summed E-state index contributed by atoms with van der Waals surface area (Å²) < 4.78 is 10.5. The van der Waals surface area contributed by atoms with E-state index in [1.165, 1.54) is 51.1 Å². The Balaban J connectivity index is 1.97. The van der Waals surface area contributed by atoms with Crippen molar-refractivity contribution in [3.63, 3.8) is 0 Å². The molecular weight excluding hydrogens is 378 g/mol. The molecule has 0 atom stereocenters. The van der Waals surface area contributed by atoms with E-state index in [2.05, 4.69) is 10.6 Å². The first kappa shape index (κ1) is 23.6. The number of carbonyl (C=O) groups excluding carboxylic acids is 1. The quantitative estimate of drug-likeness (QED) is 0.487. The molecule has 1 aromatic rings. The molecule has 1 amide bonds. The molecule has 0 heterocycles. The Morgan fingerprint density at radius 2 is 1.53 bits per heavy atom. The number of methoxy groups -OCH3 is 2. The predicted octanol–water partition coefficient (Wildman–Crippen LogP) is 5.31. The SMILES string of the molecule is COc1ccc(N/C=C(/C#N)C(=O)NC2CCCCCCCCCCC2)cc1OC. The van der Waals surface area contributed by atoms with Gasteiger partial charge >= 0.3 is 0 Å². The largest absolute Gasteiger partial charge is 0.493 e. The third-order valence-corrected chi connectivity index (χ3v) is 5.57. The van der Waals surface area contributed by atoms with Crippen molar-refractivity contribution in [2.45, 2.75) is 76.7 Å². The van der Waals surface area contributed by atoms with E-state index in [9.17, 15) is 10.1 Å². The third-order valence-electron chi connectivity index (χ3n) is 5.57. The van der Waals surface area contributed by atoms with Gasteiger partial charge in [-0.3, -0.25) is 4.79 Å². The molecule has 164 valence electrons. The second-order valence-electron chi connectivity index (χ2n) is 7.81. The summed E-state index contributed by atoms with van der Waals surface area (Å²) in [5.74, 6) is 0.877. The molecule has 0 aromatic heterocycles. The van der Waals surface area contributed by atoms with E-state index in [1.54, 1.807) is 32.4 Å². The molecule has 30 heavy (non-hydrogen) atoms. The number of carbonyl (C=O) groups is 1. The van der Waals surface area contributed by atoms with Crippen LogP contribution in [-0.2, 0) is 4.79 Å². The molecule has 0 bridgehead atoms. The summed E-state index contributed by atoms with van der Waals surface area (Å²) in [6.07, 6.45) is 14.6. The number of hydrogen-bond acceptors (Lipinski definition) is 5. The molecule has 6 nitrogen and oxygen atoms in total. The zero-order valence-corrected chi connectivity index (χ0v) is 18.3. The fraction of sp³-hybridized carbons (Fsp3) is 0.583. The van der Waals surface area contributed by atoms with Crippen molar-refractivity contribution in [1.29, 1.82) is 5.26 Å². The summed E-state index contributed by atoms with van der Waals surface area (Å²) in [4.78, 5) is 12.7. The minimum Gasteiger partial charge on any atom is -0.493 e. The van der Waals surface area contributed by atoms with Gasteiger partial charge in [-0.25, -0.2) is 0 Å². The first-order chi connectivity index (χ1) is 14.7. The second-order valence-corrected chi connectivity index (χ2v) is 7.81. The molecule has 0 unspecified atom stereocenters. The van der Waals surface area contributed by atoms with Crippen LogP contribution in [0.4, 0.5) is 5.69 Å². The number of nitrogens with one attached hydrogen (secondary N) is 2. The number of rotatable bonds is 6. The van der Waals surface area contributed by atoms with Crippen LogP contribution in [0.15, 0.2) is 30.0 Å². The lowest BCUT2D eigenvalue weighted by Gasteiger charge is -2.19. The van der Waals surface area contributed by atoms with Gasteiger partial charge in [0.05, 0.1) is 14.2 Å². The van der Waals surface area contributed by atoms with Crippen molar-refractivity contribution in [2.75, 3.05) is 19.5 Å². The van der Waals surface area contributed by atoms with Gasteiger partial charge in [0, 0.05) is 24.0 Å². The Kier molecular flexibility index (Phi) is 10.6. The second kappa shape index (κ2) is 13.5. The van der Waals surface area contributed by atoms with E-state index < -0.39 is 0 Å². The number of anilines is 1. The maximum atomic E-state index is 12.7. The van der Waals surface area contributed by atoms with Crippen molar-refractivity contribution in [3.05, 3.63) is 30.0 Å². The summed E-state index contributed by atoms with van der Waals surface area (Å²) >= 11 is 0. The lowest BCUT2D eigenvalue weighted by atomic mass is 9.98. The van der Waals surface area contributed by atoms with E-state index in [0.29, 0.717) is 17.2 Å². The van der Waals surface area contributed by atoms with E-state index in [1.807, 2.05) is 6.07 Å². The molecular formula is C24H35N3O3. The van der Waals surface area contributed by atoms with Crippen LogP contribution >= 0.6 is 0 Å². The molecule has 2 N–H and O–H groups in total. The average molecular weight is 414 g/mol. The van der Waals surface area contributed by atoms with Crippen molar-refractivity contribution >= 4 is 11.6 Å². The average Bonchev–Trinajstić information content (AvgIpc) is 2.75. The van der Waals surface area contributed by atoms with E-state index in [4.69, 9.17) is 9.47 Å². The Labute approximate surface area is 180 Å². The van der Waals surface area contributed by atoms with Gasteiger partial charge in [0.15, 0.2) is 11.5 Å². The van der Waals surface area contributed by atoms with E-state index in [-0.39, 0.29) is 17.5 Å². The lowest BCUT2D eigenvalue weighted by molar-refractivity contribution is -0.117. The summed E-state index contributed by atoms with van der Waals surface area (Å²) in [7, 11) is 3.14. The standard InChI is InChI=1S/C24H35N3O3/c1-29-22-15-14-21(16-23(22)30-2)26-18-19(17-25)24(28)27-20-12-10-8-6-4-3-5-7-9-11-13-20/h14-16,18,20,26H,3-13H2,1-2H3,(H,27,28)/b19-18-. The Morgan fingerprint density at radius 1 is 0.967 bits per heavy atom. The molecule has 1 fully saturated rings. The van der Waals surface area contributed by atoms with Crippen molar-refractivity contribution in [1.82, 2.24) is 5.32 Å². The minimum absolute atomic E-state index is 0.0656. The van der Waals surface area contributed by atoms with Crippen LogP contribution in [-0.4, -0.2) is 26.2 Å². The van der Waals surface area contributed by atoms with E-state index in [0.717, 1.165) is 25.7 Å². The molecule has 0 radical (unpaired) electrons. The summed E-state index contributed by atoms with van der Waals surface area (Å²) in [6.45, 7) is 0. The van der Waals surface area contributed by atoms with Gasteiger partial charge in [0.1, 0.15) is 11.6 Å². The molecule has 1 aromatic carbocycles. The molecule has 1 aliphatic rings. The summed E-state index contributed by atoms with van der Waals surface area (Å²) in [5.41, 5.74) is 0.773. The number of ether oxygens (including phenoxy) is 2. The van der Waals surface area contributed by atoms with Crippen LogP contribution in [0.25, 0.3) is 0 Å².